The molecule has 3 aromatic rings. The molecule has 0 aliphatic carbocycles. The molecule has 1 amide bonds. The Morgan fingerprint density at radius 3 is 2.07 bits per heavy atom. The van der Waals surface area contributed by atoms with Crippen LogP contribution in [0.3, 0.4) is 0 Å². The third-order valence-electron chi connectivity index (χ3n) is 3.90. The van der Waals surface area contributed by atoms with Crippen LogP contribution in [0.25, 0.3) is 5.69 Å². The van der Waals surface area contributed by atoms with Crippen molar-refractivity contribution in [2.75, 3.05) is 5.32 Å². The van der Waals surface area contributed by atoms with Crippen LogP contribution in [0.2, 0.25) is 0 Å². The molecule has 0 radical (unpaired) electrons. The van der Waals surface area contributed by atoms with Gasteiger partial charge in [0.15, 0.2) is 0 Å². The van der Waals surface area contributed by atoms with E-state index in [0.29, 0.717) is 23.4 Å². The summed E-state index contributed by atoms with van der Waals surface area (Å²) in [5.74, 6) is -1.11. The van der Waals surface area contributed by atoms with Crippen molar-refractivity contribution in [1.29, 1.82) is 0 Å². The van der Waals surface area contributed by atoms with Gasteiger partial charge >= 0.3 is 12.4 Å². The molecule has 2 aromatic carbocycles. The molecule has 12 heteroatoms. The monoisotopic (exact) mass is 415 g/mol. The smallest absolute Gasteiger partial charge is 0.322 e. The second kappa shape index (κ2) is 7.18. The largest absolute Gasteiger partial charge is 0.416 e. The Kier molecular flexibility index (Phi) is 5.03. The highest BCUT2D eigenvalue weighted by molar-refractivity contribution is 6.04. The minimum atomic E-state index is -5.04. The van der Waals surface area contributed by atoms with E-state index in [2.05, 4.69) is 20.8 Å². The molecule has 1 N–H and O–H groups in total. The number of tetrazole rings is 1. The van der Waals surface area contributed by atoms with Gasteiger partial charge in [-0.3, -0.25) is 4.79 Å². The van der Waals surface area contributed by atoms with Crippen LogP contribution in [0.15, 0.2) is 42.7 Å². The highest BCUT2D eigenvalue weighted by Gasteiger charge is 2.37. The summed E-state index contributed by atoms with van der Waals surface area (Å²) in [5.41, 5.74) is -2.54. The lowest BCUT2D eigenvalue weighted by Gasteiger charge is -2.14. The maximum absolute atomic E-state index is 12.9. The number of amides is 1. The van der Waals surface area contributed by atoms with Gasteiger partial charge in [-0.15, -0.1) is 5.10 Å². The van der Waals surface area contributed by atoms with Crippen molar-refractivity contribution in [2.45, 2.75) is 19.3 Å². The lowest BCUT2D eigenvalue weighted by Crippen LogP contribution is -2.17. The summed E-state index contributed by atoms with van der Waals surface area (Å²) in [7, 11) is 0. The third-order valence-corrected chi connectivity index (χ3v) is 3.90. The van der Waals surface area contributed by atoms with Crippen LogP contribution in [0.4, 0.5) is 32.0 Å². The van der Waals surface area contributed by atoms with Gasteiger partial charge < -0.3 is 5.32 Å². The van der Waals surface area contributed by atoms with E-state index in [1.165, 1.54) is 29.2 Å². The minimum absolute atomic E-state index is 0.0398. The third kappa shape index (κ3) is 4.52. The van der Waals surface area contributed by atoms with Gasteiger partial charge in [0, 0.05) is 11.3 Å². The molecule has 0 atom stereocenters. The summed E-state index contributed by atoms with van der Waals surface area (Å²) in [4.78, 5) is 12.3. The number of nitrogens with one attached hydrogen (secondary N) is 1. The minimum Gasteiger partial charge on any atom is -0.322 e. The van der Waals surface area contributed by atoms with Gasteiger partial charge in [-0.05, 0) is 59.3 Å². The van der Waals surface area contributed by atoms with Crippen LogP contribution in [0.5, 0.6) is 0 Å². The second-order valence-corrected chi connectivity index (χ2v) is 6.00. The number of anilines is 1. The molecule has 3 rings (SSSR count). The van der Waals surface area contributed by atoms with Crippen LogP contribution in [0, 0.1) is 6.92 Å². The molecule has 0 aliphatic rings. The molecular weight excluding hydrogens is 404 g/mol. The number of nitrogens with zero attached hydrogens (tertiary/aromatic N) is 4. The number of halogens is 6. The fraction of sp³-hybridized carbons (Fsp3) is 0.176. The number of carbonyl (C=O) groups is 1. The summed E-state index contributed by atoms with van der Waals surface area (Å²) < 4.78 is 79.0. The van der Waals surface area contributed by atoms with E-state index >= 15 is 0 Å². The molecule has 0 saturated heterocycles. The van der Waals surface area contributed by atoms with Crippen LogP contribution >= 0.6 is 0 Å². The Balaban J connectivity index is 1.92. The van der Waals surface area contributed by atoms with Gasteiger partial charge in [-0.25, -0.2) is 4.68 Å². The summed E-state index contributed by atoms with van der Waals surface area (Å²) in [6.45, 7) is 1.67. The van der Waals surface area contributed by atoms with Gasteiger partial charge in [0.2, 0.25) is 0 Å². The predicted octanol–water partition coefficient (Wildman–Crippen LogP) is 4.26. The number of carbonyl (C=O) groups excluding carboxylic acids is 1. The number of rotatable bonds is 3. The van der Waals surface area contributed by atoms with Gasteiger partial charge in [0.1, 0.15) is 6.33 Å². The first-order valence-electron chi connectivity index (χ1n) is 7.90. The number of hydrogen-bond acceptors (Lipinski definition) is 4. The molecule has 29 heavy (non-hydrogen) atoms. The maximum Gasteiger partial charge on any atom is 0.416 e. The number of hydrogen-bond donors (Lipinski definition) is 1. The zero-order valence-electron chi connectivity index (χ0n) is 14.5. The van der Waals surface area contributed by atoms with Crippen molar-refractivity contribution in [2.24, 2.45) is 0 Å². The van der Waals surface area contributed by atoms with Gasteiger partial charge in [0.05, 0.1) is 16.8 Å². The average Bonchev–Trinajstić information content (AvgIpc) is 3.14. The molecule has 1 heterocycles. The first-order chi connectivity index (χ1) is 13.4. The van der Waals surface area contributed by atoms with E-state index in [1.807, 2.05) is 0 Å². The van der Waals surface area contributed by atoms with E-state index in [4.69, 9.17) is 0 Å². The molecule has 0 saturated carbocycles. The van der Waals surface area contributed by atoms with Crippen molar-refractivity contribution in [3.8, 4) is 5.69 Å². The molecule has 0 bridgehead atoms. The Labute approximate surface area is 159 Å². The normalized spacial score (nSPS) is 12.1. The van der Waals surface area contributed by atoms with E-state index in [-0.39, 0.29) is 11.8 Å². The molecule has 0 spiro atoms. The first kappa shape index (κ1) is 20.3. The number of benzene rings is 2. The number of aromatic nitrogens is 4. The maximum atomic E-state index is 12.9. The van der Waals surface area contributed by atoms with Crippen molar-refractivity contribution in [1.82, 2.24) is 20.2 Å². The summed E-state index contributed by atoms with van der Waals surface area (Å²) in [6, 6.07) is 5.13. The zero-order chi connectivity index (χ0) is 21.4. The summed E-state index contributed by atoms with van der Waals surface area (Å²) in [6.07, 6.45) is -8.75. The summed E-state index contributed by atoms with van der Waals surface area (Å²) in [5, 5.41) is 13.0. The van der Waals surface area contributed by atoms with Crippen molar-refractivity contribution in [3.63, 3.8) is 0 Å². The van der Waals surface area contributed by atoms with Crippen molar-refractivity contribution in [3.05, 3.63) is 65.0 Å². The molecule has 0 aliphatic heterocycles. The molecule has 6 nitrogen and oxygen atoms in total. The van der Waals surface area contributed by atoms with Crippen LogP contribution in [-0.4, -0.2) is 26.1 Å². The Hall–Kier alpha value is -3.44. The van der Waals surface area contributed by atoms with Crippen LogP contribution in [0.1, 0.15) is 27.0 Å². The Morgan fingerprint density at radius 2 is 1.59 bits per heavy atom. The molecule has 0 fully saturated rings. The van der Waals surface area contributed by atoms with E-state index < -0.39 is 35.0 Å². The lowest BCUT2D eigenvalue weighted by molar-refractivity contribution is -0.143. The fourth-order valence-corrected chi connectivity index (χ4v) is 2.55. The molecular formula is C17H11F6N5O. The van der Waals surface area contributed by atoms with Crippen LogP contribution in [-0.2, 0) is 12.4 Å². The van der Waals surface area contributed by atoms with E-state index in [1.54, 1.807) is 6.92 Å². The fourth-order valence-electron chi connectivity index (χ4n) is 2.55. The Bertz CT molecular complexity index is 1010. The SMILES string of the molecule is Cc1cc(NC(=O)c2cc(C(F)(F)F)cc(C(F)(F)F)c2)ccc1-n1cnnn1. The average molecular weight is 415 g/mol. The van der Waals surface area contributed by atoms with Gasteiger partial charge in [-0.1, -0.05) is 0 Å². The predicted molar refractivity (Wildman–Crippen MR) is 88.3 cm³/mol. The van der Waals surface area contributed by atoms with E-state index in [0.717, 1.165) is 0 Å². The number of alkyl halides is 6. The van der Waals surface area contributed by atoms with Crippen molar-refractivity contribution < 1.29 is 31.1 Å². The lowest BCUT2D eigenvalue weighted by atomic mass is 10.0. The van der Waals surface area contributed by atoms with Crippen LogP contribution < -0.4 is 5.32 Å². The quantitative estimate of drug-likeness (QED) is 0.649. The number of aryl methyl sites for hydroxylation is 1. The second-order valence-electron chi connectivity index (χ2n) is 6.00. The molecule has 152 valence electrons. The van der Waals surface area contributed by atoms with Crippen molar-refractivity contribution >= 4 is 11.6 Å². The molecule has 0 unspecified atom stereocenters. The summed E-state index contributed by atoms with van der Waals surface area (Å²) >= 11 is 0. The Morgan fingerprint density at radius 1 is 0.966 bits per heavy atom. The zero-order valence-corrected chi connectivity index (χ0v) is 14.5. The van der Waals surface area contributed by atoms with Gasteiger partial charge in [-0.2, -0.15) is 26.3 Å². The topological polar surface area (TPSA) is 72.7 Å². The van der Waals surface area contributed by atoms with Gasteiger partial charge in [0.25, 0.3) is 5.91 Å². The highest BCUT2D eigenvalue weighted by atomic mass is 19.4. The highest BCUT2D eigenvalue weighted by Crippen LogP contribution is 2.36. The standard InChI is InChI=1S/C17H11F6N5O/c1-9-4-13(2-3-14(9)28-8-24-26-27-28)25-15(29)10-5-11(16(18,19)20)7-12(6-10)17(21,22)23/h2-8H,1H3,(H,25,29). The molecule has 1 aromatic heterocycles. The van der Waals surface area contributed by atoms with E-state index in [9.17, 15) is 31.1 Å². The first-order valence-corrected chi connectivity index (χ1v) is 7.90.